The lowest BCUT2D eigenvalue weighted by molar-refractivity contribution is 0.866. The molecule has 63 heavy (non-hydrogen) atoms. The molecule has 4 heteroatoms. The van der Waals surface area contributed by atoms with Crippen LogP contribution in [0.5, 0.6) is 0 Å². The van der Waals surface area contributed by atoms with E-state index in [1.165, 1.54) is 120 Å². The van der Waals surface area contributed by atoms with Crippen LogP contribution >= 0.6 is 11.3 Å². The van der Waals surface area contributed by atoms with Crippen molar-refractivity contribution in [1.82, 2.24) is 0 Å². The molecule has 2 aliphatic rings. The lowest BCUT2D eigenvalue weighted by atomic mass is 9.36. The van der Waals surface area contributed by atoms with Crippen molar-refractivity contribution in [2.24, 2.45) is 0 Å². The second kappa shape index (κ2) is 14.5. The van der Waals surface area contributed by atoms with Crippen LogP contribution < -0.4 is 25.5 Å². The summed E-state index contributed by atoms with van der Waals surface area (Å²) >= 11 is 1.98. The minimum atomic E-state index is 0.104. The molecule has 2 nitrogen and oxygen atoms in total. The van der Waals surface area contributed by atoms with Gasteiger partial charge in [0.05, 0.1) is 5.69 Å². The fraction of sp³-hybridized carbons (Fsp3) is 0.153. The summed E-state index contributed by atoms with van der Waals surface area (Å²) in [7, 11) is 0. The van der Waals surface area contributed by atoms with Crippen LogP contribution in [0.2, 0.25) is 0 Å². The van der Waals surface area contributed by atoms with Crippen LogP contribution in [0.25, 0.3) is 53.5 Å². The second-order valence-corrected chi connectivity index (χ2v) is 19.7. The van der Waals surface area contributed by atoms with Gasteiger partial charge in [-0.1, -0.05) is 151 Å². The number of benzene rings is 9. The Morgan fingerprint density at radius 1 is 0.397 bits per heavy atom. The monoisotopic (exact) mass is 828 g/mol. The van der Waals surface area contributed by atoms with Crippen LogP contribution in [-0.4, -0.2) is 6.71 Å². The van der Waals surface area contributed by atoms with Gasteiger partial charge in [-0.25, -0.2) is 0 Å². The van der Waals surface area contributed by atoms with E-state index in [4.69, 9.17) is 0 Å². The second-order valence-electron chi connectivity index (χ2n) is 18.7. The van der Waals surface area contributed by atoms with Gasteiger partial charge in [0.15, 0.2) is 0 Å². The van der Waals surface area contributed by atoms with Crippen LogP contribution in [0.3, 0.4) is 0 Å². The SMILES string of the molecule is CC(C)c1ccc(N2c3cccc4c3B(c3ccc(C(C)C)cc3N4c3ccc(-c4ccc5c6ccccc6c6ccccc6c5c4)cc3)c3sc4ccc(C(C)C)cc4c32)cc1. The minimum absolute atomic E-state index is 0.104. The first-order chi connectivity index (χ1) is 30.7. The smallest absolute Gasteiger partial charge is 0.264 e. The maximum Gasteiger partial charge on any atom is 0.264 e. The highest BCUT2D eigenvalue weighted by Gasteiger charge is 2.45. The molecule has 0 atom stereocenters. The van der Waals surface area contributed by atoms with E-state index in [0.717, 1.165) is 0 Å². The Kier molecular flexibility index (Phi) is 8.75. The number of fused-ring (bicyclic) bond motifs is 12. The Balaban J connectivity index is 1.05. The van der Waals surface area contributed by atoms with Crippen molar-refractivity contribution in [2.75, 3.05) is 9.80 Å². The van der Waals surface area contributed by atoms with E-state index < -0.39 is 0 Å². The molecule has 1 aromatic heterocycles. The van der Waals surface area contributed by atoms with Crippen molar-refractivity contribution in [2.45, 2.75) is 59.3 Å². The van der Waals surface area contributed by atoms with E-state index in [-0.39, 0.29) is 6.71 Å². The summed E-state index contributed by atoms with van der Waals surface area (Å²) in [5, 5.41) is 9.15. The first-order valence-electron chi connectivity index (χ1n) is 22.7. The Morgan fingerprint density at radius 2 is 0.921 bits per heavy atom. The molecule has 9 aromatic carbocycles. The van der Waals surface area contributed by atoms with E-state index in [1.54, 1.807) is 0 Å². The molecule has 304 valence electrons. The van der Waals surface area contributed by atoms with Crippen molar-refractivity contribution in [3.05, 3.63) is 187 Å². The number of hydrogen-bond donors (Lipinski definition) is 0. The molecule has 0 aliphatic carbocycles. The van der Waals surface area contributed by atoms with Crippen LogP contribution in [0.15, 0.2) is 170 Å². The molecule has 0 fully saturated rings. The third kappa shape index (κ3) is 5.84. The van der Waals surface area contributed by atoms with E-state index in [2.05, 4.69) is 221 Å². The third-order valence-corrected chi connectivity index (χ3v) is 15.2. The van der Waals surface area contributed by atoms with Gasteiger partial charge in [-0.2, -0.15) is 0 Å². The number of thiophene rings is 1. The summed E-state index contributed by atoms with van der Waals surface area (Å²) in [5.74, 6) is 1.31. The number of rotatable bonds is 6. The summed E-state index contributed by atoms with van der Waals surface area (Å²) in [6.07, 6.45) is 0. The quantitative estimate of drug-likeness (QED) is 0.122. The lowest BCUT2D eigenvalue weighted by Gasteiger charge is -2.43. The number of anilines is 6. The van der Waals surface area contributed by atoms with Gasteiger partial charge >= 0.3 is 0 Å². The zero-order valence-corrected chi connectivity index (χ0v) is 37.6. The van der Waals surface area contributed by atoms with Crippen molar-refractivity contribution in [3.63, 3.8) is 0 Å². The van der Waals surface area contributed by atoms with Gasteiger partial charge in [-0.15, -0.1) is 11.3 Å². The molecule has 2 aliphatic heterocycles. The molecule has 0 N–H and O–H groups in total. The van der Waals surface area contributed by atoms with E-state index in [1.807, 2.05) is 11.3 Å². The van der Waals surface area contributed by atoms with Crippen LogP contribution in [-0.2, 0) is 0 Å². The van der Waals surface area contributed by atoms with Gasteiger partial charge in [-0.05, 0) is 149 Å². The van der Waals surface area contributed by atoms with E-state index in [0.29, 0.717) is 17.8 Å². The zero-order chi connectivity index (χ0) is 42.7. The number of hydrogen-bond acceptors (Lipinski definition) is 3. The molecule has 12 rings (SSSR count). The molecule has 10 aromatic rings. The predicted molar refractivity (Wildman–Crippen MR) is 276 cm³/mol. The maximum atomic E-state index is 2.58. The Bertz CT molecular complexity index is 3410. The first kappa shape index (κ1) is 38.1. The normalized spacial score (nSPS) is 13.3. The van der Waals surface area contributed by atoms with Gasteiger partial charge < -0.3 is 9.80 Å². The molecule has 0 spiro atoms. The first-order valence-corrected chi connectivity index (χ1v) is 23.5. The molecule has 0 bridgehead atoms. The molecule has 0 saturated carbocycles. The molecule has 3 heterocycles. The molecular weight excluding hydrogens is 780 g/mol. The molecule has 0 amide bonds. The van der Waals surface area contributed by atoms with Crippen LogP contribution in [0, 0.1) is 0 Å². The van der Waals surface area contributed by atoms with Gasteiger partial charge in [0.1, 0.15) is 0 Å². The molecular formula is C59H49BN2S. The maximum absolute atomic E-state index is 2.58. The molecule has 0 radical (unpaired) electrons. The summed E-state index contributed by atoms with van der Waals surface area (Å²) in [6, 6.07) is 64.9. The highest BCUT2D eigenvalue weighted by Crippen LogP contribution is 2.49. The predicted octanol–water partition coefficient (Wildman–Crippen LogP) is 15.5. The lowest BCUT2D eigenvalue weighted by Crippen LogP contribution is -2.60. The van der Waals surface area contributed by atoms with Gasteiger partial charge in [-0.3, -0.25) is 0 Å². The largest absolute Gasteiger partial charge is 0.311 e. The van der Waals surface area contributed by atoms with Gasteiger partial charge in [0.2, 0.25) is 0 Å². The minimum Gasteiger partial charge on any atom is -0.311 e. The van der Waals surface area contributed by atoms with Crippen molar-refractivity contribution in [3.8, 4) is 11.1 Å². The summed E-state index contributed by atoms with van der Waals surface area (Å²) in [6.45, 7) is 13.9. The van der Waals surface area contributed by atoms with Gasteiger partial charge in [0, 0.05) is 43.3 Å². The highest BCUT2D eigenvalue weighted by molar-refractivity contribution is 7.33. The molecule has 0 saturated heterocycles. The highest BCUT2D eigenvalue weighted by atomic mass is 32.1. The Labute approximate surface area is 375 Å². The fourth-order valence-corrected chi connectivity index (χ4v) is 11.9. The summed E-state index contributed by atoms with van der Waals surface area (Å²) < 4.78 is 2.76. The average molecular weight is 829 g/mol. The van der Waals surface area contributed by atoms with E-state index >= 15 is 0 Å². The van der Waals surface area contributed by atoms with E-state index in [9.17, 15) is 0 Å². The third-order valence-electron chi connectivity index (χ3n) is 14.0. The summed E-state index contributed by atoms with van der Waals surface area (Å²) in [5.41, 5.74) is 16.7. The van der Waals surface area contributed by atoms with Gasteiger partial charge in [0.25, 0.3) is 6.71 Å². The van der Waals surface area contributed by atoms with Crippen molar-refractivity contribution >= 4 is 110 Å². The number of nitrogens with zero attached hydrogens (tertiary/aromatic N) is 2. The Hall–Kier alpha value is -6.62. The van der Waals surface area contributed by atoms with Crippen molar-refractivity contribution < 1.29 is 0 Å². The topological polar surface area (TPSA) is 6.48 Å². The van der Waals surface area contributed by atoms with Crippen LogP contribution in [0.4, 0.5) is 34.1 Å². The van der Waals surface area contributed by atoms with Crippen LogP contribution in [0.1, 0.15) is 76.0 Å². The zero-order valence-electron chi connectivity index (χ0n) is 36.8. The summed E-state index contributed by atoms with van der Waals surface area (Å²) in [4.78, 5) is 5.13. The molecule has 0 unspecified atom stereocenters. The standard InChI is InChI=1S/C59H49BN2S/c1-35(2)38-18-25-44(26-19-38)62-54-17-11-16-53-57(54)60(59-58(62)51-32-40(36(3)4)24-31-56(51)63-59)52-30-23-41(37(5)6)34-55(52)61(53)43-27-20-39(21-28-43)42-22-29-49-47-14-8-7-12-45(47)46-13-9-10-15-48(46)50(49)33-42/h7-37H,1-6H3. The fourth-order valence-electron chi connectivity index (χ4n) is 10.6. The Morgan fingerprint density at radius 3 is 1.57 bits per heavy atom. The van der Waals surface area contributed by atoms with Crippen molar-refractivity contribution in [1.29, 1.82) is 0 Å². The average Bonchev–Trinajstić information content (AvgIpc) is 3.70.